The molecule has 0 saturated heterocycles. The number of fused-ring (bicyclic) bond motifs is 1. The highest BCUT2D eigenvalue weighted by Gasteiger charge is 2.17. The van der Waals surface area contributed by atoms with Crippen molar-refractivity contribution in [3.05, 3.63) is 103 Å². The largest absolute Gasteiger partial charge is 0.347 e. The SMILES string of the molecule is Cc1cc(CNC(=O)c2cn3c(=O)n(Cc4ccc(F)cc4)c(=O)c(C)c3s2)ccn1. The van der Waals surface area contributed by atoms with Gasteiger partial charge in [0.05, 0.1) is 6.54 Å². The Morgan fingerprint density at radius 3 is 2.58 bits per heavy atom. The molecule has 3 heterocycles. The topological polar surface area (TPSA) is 85.5 Å². The second kappa shape index (κ2) is 8.27. The number of hydrogen-bond acceptors (Lipinski definition) is 5. The zero-order valence-electron chi connectivity index (χ0n) is 16.9. The molecule has 4 aromatic rings. The van der Waals surface area contributed by atoms with E-state index in [1.54, 1.807) is 13.1 Å². The summed E-state index contributed by atoms with van der Waals surface area (Å²) in [5, 5.41) is 2.82. The quantitative estimate of drug-likeness (QED) is 0.519. The number of amides is 1. The molecule has 9 heteroatoms. The zero-order valence-corrected chi connectivity index (χ0v) is 17.7. The fraction of sp³-hybridized carbons (Fsp3) is 0.182. The van der Waals surface area contributed by atoms with Gasteiger partial charge in [-0.15, -0.1) is 11.3 Å². The van der Waals surface area contributed by atoms with Crippen molar-refractivity contribution in [3.8, 4) is 0 Å². The number of pyridine rings is 1. The van der Waals surface area contributed by atoms with Gasteiger partial charge in [0, 0.05) is 30.2 Å². The number of hydrogen-bond donors (Lipinski definition) is 1. The first-order valence-electron chi connectivity index (χ1n) is 9.53. The number of nitrogens with zero attached hydrogens (tertiary/aromatic N) is 3. The van der Waals surface area contributed by atoms with E-state index in [1.165, 1.54) is 34.9 Å². The van der Waals surface area contributed by atoms with Crippen LogP contribution >= 0.6 is 11.3 Å². The maximum absolute atomic E-state index is 13.2. The lowest BCUT2D eigenvalue weighted by Gasteiger charge is -2.07. The van der Waals surface area contributed by atoms with Gasteiger partial charge in [0.25, 0.3) is 11.5 Å². The van der Waals surface area contributed by atoms with Crippen LogP contribution in [-0.2, 0) is 13.1 Å². The lowest BCUT2D eigenvalue weighted by Crippen LogP contribution is -2.38. The average Bonchev–Trinajstić information content (AvgIpc) is 3.21. The van der Waals surface area contributed by atoms with Crippen LogP contribution in [-0.4, -0.2) is 19.9 Å². The molecule has 31 heavy (non-hydrogen) atoms. The zero-order chi connectivity index (χ0) is 22.1. The summed E-state index contributed by atoms with van der Waals surface area (Å²) in [7, 11) is 0. The third-order valence-electron chi connectivity index (χ3n) is 4.89. The van der Waals surface area contributed by atoms with Gasteiger partial charge in [-0.25, -0.2) is 9.18 Å². The van der Waals surface area contributed by atoms with Crippen LogP contribution in [0.25, 0.3) is 4.83 Å². The lowest BCUT2D eigenvalue weighted by atomic mass is 10.2. The van der Waals surface area contributed by atoms with Crippen molar-refractivity contribution in [3.63, 3.8) is 0 Å². The molecule has 0 radical (unpaired) electrons. The number of aryl methyl sites for hydroxylation is 2. The molecule has 1 amide bonds. The standard InChI is InChI=1S/C22H19FN4O3S/c1-13-9-16(7-8-24-13)10-25-19(28)18-12-27-21(31-18)14(2)20(29)26(22(27)30)11-15-3-5-17(23)6-4-15/h3-9,12H,10-11H2,1-2H3,(H,25,28). The van der Waals surface area contributed by atoms with E-state index in [0.29, 0.717) is 27.4 Å². The van der Waals surface area contributed by atoms with Crippen LogP contribution in [0, 0.1) is 19.7 Å². The number of aromatic nitrogens is 3. The molecule has 0 aliphatic carbocycles. The predicted molar refractivity (Wildman–Crippen MR) is 116 cm³/mol. The Morgan fingerprint density at radius 1 is 1.13 bits per heavy atom. The number of rotatable bonds is 5. The molecule has 3 aromatic heterocycles. The maximum atomic E-state index is 13.2. The van der Waals surface area contributed by atoms with Crippen LogP contribution in [0.1, 0.15) is 32.1 Å². The van der Waals surface area contributed by atoms with Crippen LogP contribution < -0.4 is 16.6 Å². The van der Waals surface area contributed by atoms with E-state index < -0.39 is 17.1 Å². The van der Waals surface area contributed by atoms with Crippen molar-refractivity contribution < 1.29 is 9.18 Å². The minimum atomic E-state index is -0.546. The van der Waals surface area contributed by atoms with Gasteiger partial charge < -0.3 is 5.32 Å². The summed E-state index contributed by atoms with van der Waals surface area (Å²) in [6.07, 6.45) is 3.12. The Hall–Kier alpha value is -3.59. The molecule has 0 bridgehead atoms. The van der Waals surface area contributed by atoms with Crippen LogP contribution in [0.2, 0.25) is 0 Å². The van der Waals surface area contributed by atoms with Gasteiger partial charge in [-0.05, 0) is 49.2 Å². The van der Waals surface area contributed by atoms with Gasteiger partial charge in [0.1, 0.15) is 15.5 Å². The molecule has 158 valence electrons. The second-order valence-corrected chi connectivity index (χ2v) is 8.21. The molecule has 0 saturated carbocycles. The van der Waals surface area contributed by atoms with E-state index in [0.717, 1.165) is 27.2 Å². The molecule has 1 N–H and O–H groups in total. The van der Waals surface area contributed by atoms with Crippen LogP contribution in [0.3, 0.4) is 0 Å². The fourth-order valence-corrected chi connectivity index (χ4v) is 4.27. The summed E-state index contributed by atoms with van der Waals surface area (Å²) in [6.45, 7) is 3.83. The molecule has 7 nitrogen and oxygen atoms in total. The van der Waals surface area contributed by atoms with Gasteiger partial charge in [0.2, 0.25) is 0 Å². The predicted octanol–water partition coefficient (Wildman–Crippen LogP) is 2.65. The minimum absolute atomic E-state index is 0.0144. The van der Waals surface area contributed by atoms with Crippen molar-refractivity contribution in [1.82, 2.24) is 19.3 Å². The van der Waals surface area contributed by atoms with Gasteiger partial charge in [0.15, 0.2) is 0 Å². The highest BCUT2D eigenvalue weighted by molar-refractivity contribution is 7.19. The van der Waals surface area contributed by atoms with Crippen molar-refractivity contribution in [1.29, 1.82) is 0 Å². The summed E-state index contributed by atoms with van der Waals surface area (Å²) in [5.41, 5.74) is 1.78. The first-order chi connectivity index (χ1) is 14.8. The van der Waals surface area contributed by atoms with Crippen molar-refractivity contribution in [2.75, 3.05) is 0 Å². The highest BCUT2D eigenvalue weighted by atomic mass is 32.1. The Bertz CT molecular complexity index is 1400. The van der Waals surface area contributed by atoms with Crippen LogP contribution in [0.5, 0.6) is 0 Å². The summed E-state index contributed by atoms with van der Waals surface area (Å²) in [4.78, 5) is 43.2. The Morgan fingerprint density at radius 2 is 1.87 bits per heavy atom. The van der Waals surface area contributed by atoms with Gasteiger partial charge in [-0.3, -0.25) is 23.5 Å². The molecule has 1 aromatic carbocycles. The number of benzene rings is 1. The first-order valence-corrected chi connectivity index (χ1v) is 10.3. The van der Waals surface area contributed by atoms with E-state index in [2.05, 4.69) is 10.3 Å². The van der Waals surface area contributed by atoms with E-state index in [4.69, 9.17) is 0 Å². The number of carbonyl (C=O) groups excluding carboxylic acids is 1. The lowest BCUT2D eigenvalue weighted by molar-refractivity contribution is 0.0954. The summed E-state index contributed by atoms with van der Waals surface area (Å²) >= 11 is 1.09. The molecule has 0 fully saturated rings. The molecule has 0 aliphatic heterocycles. The van der Waals surface area contributed by atoms with Gasteiger partial charge >= 0.3 is 5.69 Å². The monoisotopic (exact) mass is 438 g/mol. The Labute approximate surface area is 180 Å². The normalized spacial score (nSPS) is 11.1. The van der Waals surface area contributed by atoms with E-state index in [9.17, 15) is 18.8 Å². The first kappa shape index (κ1) is 20.7. The van der Waals surface area contributed by atoms with Crippen molar-refractivity contribution in [2.45, 2.75) is 26.9 Å². The van der Waals surface area contributed by atoms with Crippen molar-refractivity contribution >= 4 is 22.1 Å². The maximum Gasteiger partial charge on any atom is 0.336 e. The second-order valence-electron chi connectivity index (χ2n) is 7.18. The third kappa shape index (κ3) is 4.17. The van der Waals surface area contributed by atoms with Gasteiger partial charge in [-0.1, -0.05) is 12.1 Å². The number of thiazole rings is 1. The van der Waals surface area contributed by atoms with Crippen LogP contribution in [0.4, 0.5) is 4.39 Å². The summed E-state index contributed by atoms with van der Waals surface area (Å²) in [5.74, 6) is -0.727. The van der Waals surface area contributed by atoms with Crippen molar-refractivity contribution in [2.24, 2.45) is 0 Å². The fourth-order valence-electron chi connectivity index (χ4n) is 3.27. The Balaban J connectivity index is 1.65. The van der Waals surface area contributed by atoms with E-state index in [-0.39, 0.29) is 12.5 Å². The summed E-state index contributed by atoms with van der Waals surface area (Å²) in [6, 6.07) is 9.30. The average molecular weight is 438 g/mol. The molecule has 0 unspecified atom stereocenters. The molecule has 4 rings (SSSR count). The number of nitrogens with one attached hydrogen (secondary N) is 1. The van der Waals surface area contributed by atoms with Gasteiger partial charge in [-0.2, -0.15) is 0 Å². The van der Waals surface area contributed by atoms with Crippen LogP contribution in [0.15, 0.2) is 58.4 Å². The molecule has 0 atom stereocenters. The highest BCUT2D eigenvalue weighted by Crippen LogP contribution is 2.18. The molecule has 0 spiro atoms. The molecular weight excluding hydrogens is 419 g/mol. The minimum Gasteiger partial charge on any atom is -0.347 e. The molecular formula is C22H19FN4O3S. The third-order valence-corrected chi connectivity index (χ3v) is 6.09. The van der Waals surface area contributed by atoms with E-state index in [1.807, 2.05) is 19.1 Å². The number of carbonyl (C=O) groups is 1. The van der Waals surface area contributed by atoms with E-state index >= 15 is 0 Å². The molecule has 0 aliphatic rings. The Kier molecular flexibility index (Phi) is 5.51. The summed E-state index contributed by atoms with van der Waals surface area (Å²) < 4.78 is 15.6. The smallest absolute Gasteiger partial charge is 0.336 e. The number of halogens is 1.